The zero-order valence-corrected chi connectivity index (χ0v) is 15.6. The molecule has 0 aromatic carbocycles. The maximum atomic E-state index is 6.41. The molecule has 0 saturated heterocycles. The number of methoxy groups -OCH3 is 2. The number of nitrogens with zero attached hydrogens (tertiary/aromatic N) is 1. The van der Waals surface area contributed by atoms with Crippen LogP contribution in [0.3, 0.4) is 0 Å². The summed E-state index contributed by atoms with van der Waals surface area (Å²) in [4.78, 5) is 3.74. The highest BCUT2D eigenvalue weighted by molar-refractivity contribution is 9.11. The topological polar surface area (TPSA) is 47.7 Å². The van der Waals surface area contributed by atoms with Gasteiger partial charge in [0.05, 0.1) is 16.4 Å². The molecule has 4 nitrogen and oxygen atoms in total. The lowest BCUT2D eigenvalue weighted by Gasteiger charge is -2.34. The molecule has 0 fully saturated rings. The van der Waals surface area contributed by atoms with Crippen LogP contribution in [0, 0.1) is 0 Å². The Labute approximate surface area is 140 Å². The van der Waals surface area contributed by atoms with E-state index >= 15 is 0 Å². The Morgan fingerprint density at radius 1 is 1.24 bits per heavy atom. The van der Waals surface area contributed by atoms with Crippen LogP contribution in [0.2, 0.25) is 0 Å². The van der Waals surface area contributed by atoms with Crippen molar-refractivity contribution >= 4 is 27.3 Å². The van der Waals surface area contributed by atoms with E-state index in [0.717, 1.165) is 36.3 Å². The molecule has 0 aliphatic carbocycles. The van der Waals surface area contributed by atoms with Gasteiger partial charge in [-0.1, -0.05) is 6.92 Å². The summed E-state index contributed by atoms with van der Waals surface area (Å²) in [6.45, 7) is 5.47. The fraction of sp³-hybridized carbons (Fsp3) is 0.733. The predicted octanol–water partition coefficient (Wildman–Crippen LogP) is 3.27. The van der Waals surface area contributed by atoms with E-state index in [1.54, 1.807) is 25.6 Å². The van der Waals surface area contributed by atoms with E-state index in [9.17, 15) is 0 Å². The van der Waals surface area contributed by atoms with Crippen LogP contribution >= 0.6 is 27.3 Å². The number of ether oxygens (including phenoxy) is 2. The Kier molecular flexibility index (Phi) is 9.71. The smallest absolute Gasteiger partial charge is 0.0702 e. The van der Waals surface area contributed by atoms with Crippen LogP contribution in [-0.2, 0) is 9.47 Å². The number of rotatable bonds is 11. The first-order valence-corrected chi connectivity index (χ1v) is 8.97. The molecule has 6 heteroatoms. The number of halogens is 1. The molecule has 2 atom stereocenters. The average Bonchev–Trinajstić information content (AvgIpc) is 2.90. The van der Waals surface area contributed by atoms with E-state index < -0.39 is 0 Å². The van der Waals surface area contributed by atoms with Gasteiger partial charge in [0.25, 0.3) is 0 Å². The summed E-state index contributed by atoms with van der Waals surface area (Å²) in [5.74, 6) is 0. The van der Waals surface area contributed by atoms with Crippen molar-refractivity contribution in [2.24, 2.45) is 5.73 Å². The van der Waals surface area contributed by atoms with Crippen LogP contribution in [0.5, 0.6) is 0 Å². The monoisotopic (exact) mass is 378 g/mol. The second-order valence-corrected chi connectivity index (χ2v) is 7.53. The summed E-state index contributed by atoms with van der Waals surface area (Å²) >= 11 is 5.32. The van der Waals surface area contributed by atoms with Crippen LogP contribution in [0.1, 0.15) is 30.7 Å². The van der Waals surface area contributed by atoms with Gasteiger partial charge in [0.1, 0.15) is 0 Å². The van der Waals surface area contributed by atoms with Crippen LogP contribution in [0.4, 0.5) is 0 Å². The molecule has 2 unspecified atom stereocenters. The van der Waals surface area contributed by atoms with Crippen molar-refractivity contribution in [1.82, 2.24) is 4.90 Å². The Bertz CT molecular complexity index is 390. The van der Waals surface area contributed by atoms with E-state index in [-0.39, 0.29) is 12.1 Å². The summed E-state index contributed by atoms with van der Waals surface area (Å²) in [6.07, 6.45) is 1.95. The van der Waals surface area contributed by atoms with Crippen molar-refractivity contribution in [3.8, 4) is 0 Å². The molecule has 1 rings (SSSR count). The molecular weight excluding hydrogens is 352 g/mol. The van der Waals surface area contributed by atoms with Gasteiger partial charge in [-0.05, 0) is 40.9 Å². The fourth-order valence-corrected chi connectivity index (χ4v) is 4.02. The summed E-state index contributed by atoms with van der Waals surface area (Å²) in [6, 6.07) is 4.62. The molecule has 0 saturated carbocycles. The second kappa shape index (κ2) is 10.7. The quantitative estimate of drug-likeness (QED) is 0.600. The molecule has 0 spiro atoms. The number of hydrogen-bond acceptors (Lipinski definition) is 5. The molecule has 0 amide bonds. The lowest BCUT2D eigenvalue weighted by molar-refractivity contribution is 0.0965. The predicted molar refractivity (Wildman–Crippen MR) is 93.0 cm³/mol. The maximum absolute atomic E-state index is 6.41. The van der Waals surface area contributed by atoms with Gasteiger partial charge in [-0.2, -0.15) is 0 Å². The molecule has 1 aromatic heterocycles. The summed E-state index contributed by atoms with van der Waals surface area (Å²) < 4.78 is 11.6. The largest absolute Gasteiger partial charge is 0.385 e. The SMILES string of the molecule is CCC(N)C(c1ccc(Br)s1)N(CCCOC)CCOC. The Hall–Kier alpha value is 0.0200. The number of thiophene rings is 1. The third-order valence-electron chi connectivity index (χ3n) is 3.53. The van der Waals surface area contributed by atoms with Crippen molar-refractivity contribution in [3.63, 3.8) is 0 Å². The van der Waals surface area contributed by atoms with Gasteiger partial charge in [0.2, 0.25) is 0 Å². The van der Waals surface area contributed by atoms with Crippen molar-refractivity contribution in [3.05, 3.63) is 20.8 Å². The lowest BCUT2D eigenvalue weighted by atomic mass is 10.0. The van der Waals surface area contributed by atoms with Gasteiger partial charge in [-0.15, -0.1) is 11.3 Å². The molecule has 1 aromatic rings. The normalized spacial score (nSPS) is 14.6. The zero-order valence-electron chi connectivity index (χ0n) is 13.2. The minimum atomic E-state index is 0.120. The molecule has 2 N–H and O–H groups in total. The number of hydrogen-bond donors (Lipinski definition) is 1. The Morgan fingerprint density at radius 2 is 1.95 bits per heavy atom. The first kappa shape index (κ1) is 19.1. The highest BCUT2D eigenvalue weighted by atomic mass is 79.9. The molecule has 0 aliphatic heterocycles. The Morgan fingerprint density at radius 3 is 2.48 bits per heavy atom. The van der Waals surface area contributed by atoms with Crippen LogP contribution in [-0.4, -0.2) is 51.5 Å². The maximum Gasteiger partial charge on any atom is 0.0702 e. The molecule has 1 heterocycles. The summed E-state index contributed by atoms with van der Waals surface area (Å²) in [5.41, 5.74) is 6.41. The third-order valence-corrected chi connectivity index (χ3v) is 5.23. The first-order chi connectivity index (χ1) is 10.1. The van der Waals surface area contributed by atoms with Crippen molar-refractivity contribution in [1.29, 1.82) is 0 Å². The van der Waals surface area contributed by atoms with Crippen molar-refractivity contribution in [2.75, 3.05) is 40.5 Å². The second-order valence-electron chi connectivity index (χ2n) is 5.03. The van der Waals surface area contributed by atoms with E-state index in [0.29, 0.717) is 6.61 Å². The minimum Gasteiger partial charge on any atom is -0.385 e. The van der Waals surface area contributed by atoms with Gasteiger partial charge in [-0.25, -0.2) is 0 Å². The summed E-state index contributed by atoms with van der Waals surface area (Å²) in [5, 5.41) is 0. The van der Waals surface area contributed by atoms with Crippen molar-refractivity contribution in [2.45, 2.75) is 31.8 Å². The fourth-order valence-electron chi connectivity index (χ4n) is 2.38. The van der Waals surface area contributed by atoms with Crippen LogP contribution in [0.25, 0.3) is 0 Å². The van der Waals surface area contributed by atoms with Gasteiger partial charge in [0.15, 0.2) is 0 Å². The molecule has 21 heavy (non-hydrogen) atoms. The van der Waals surface area contributed by atoms with Gasteiger partial charge in [-0.3, -0.25) is 4.90 Å². The van der Waals surface area contributed by atoms with Crippen LogP contribution < -0.4 is 5.73 Å². The lowest BCUT2D eigenvalue weighted by Crippen LogP contribution is -2.42. The minimum absolute atomic E-state index is 0.120. The first-order valence-electron chi connectivity index (χ1n) is 7.36. The summed E-state index contributed by atoms with van der Waals surface area (Å²) in [7, 11) is 3.48. The molecule has 122 valence electrons. The van der Waals surface area contributed by atoms with Gasteiger partial charge in [0, 0.05) is 44.8 Å². The molecule has 0 radical (unpaired) electrons. The molecular formula is C15H27BrN2O2S. The highest BCUT2D eigenvalue weighted by Crippen LogP contribution is 2.33. The van der Waals surface area contributed by atoms with E-state index in [2.05, 4.69) is 39.9 Å². The van der Waals surface area contributed by atoms with Crippen LogP contribution in [0.15, 0.2) is 15.9 Å². The number of nitrogens with two attached hydrogens (primary N) is 1. The van der Waals surface area contributed by atoms with E-state index in [1.165, 1.54) is 4.88 Å². The molecule has 0 bridgehead atoms. The van der Waals surface area contributed by atoms with E-state index in [4.69, 9.17) is 15.2 Å². The highest BCUT2D eigenvalue weighted by Gasteiger charge is 2.26. The van der Waals surface area contributed by atoms with E-state index in [1.807, 2.05) is 0 Å². The van der Waals surface area contributed by atoms with Crippen molar-refractivity contribution < 1.29 is 9.47 Å². The zero-order chi connectivity index (χ0) is 15.7. The average molecular weight is 379 g/mol. The Balaban J connectivity index is 2.87. The van der Waals surface area contributed by atoms with Gasteiger partial charge >= 0.3 is 0 Å². The standard InChI is InChI=1S/C15H27BrN2O2S/c1-4-12(17)15(13-6-7-14(16)21-13)18(9-11-20-3)8-5-10-19-2/h6-7,12,15H,4-5,8-11,17H2,1-3H3. The third kappa shape index (κ3) is 6.34. The molecule has 0 aliphatic rings. The van der Waals surface area contributed by atoms with Gasteiger partial charge < -0.3 is 15.2 Å².